The molecule has 0 aromatic carbocycles. The van der Waals surface area contributed by atoms with E-state index in [-0.39, 0.29) is 11.8 Å². The fourth-order valence-electron chi connectivity index (χ4n) is 1.33. The van der Waals surface area contributed by atoms with Gasteiger partial charge in [-0.05, 0) is 25.5 Å². The maximum absolute atomic E-state index is 11.5. The second-order valence-electron chi connectivity index (χ2n) is 3.21. The molecule has 0 spiro atoms. The maximum Gasteiger partial charge on any atom is 0.223 e. The van der Waals surface area contributed by atoms with Gasteiger partial charge in [0.15, 0.2) is 0 Å². The summed E-state index contributed by atoms with van der Waals surface area (Å²) in [6, 6.07) is 0. The molecule has 13 heavy (non-hydrogen) atoms. The van der Waals surface area contributed by atoms with Crippen LogP contribution in [0.3, 0.4) is 0 Å². The maximum atomic E-state index is 11.5. The van der Waals surface area contributed by atoms with Gasteiger partial charge in [-0.1, -0.05) is 12.2 Å². The molecule has 1 heterocycles. The van der Waals surface area contributed by atoms with Crippen LogP contribution in [0, 0.1) is 5.92 Å². The van der Waals surface area contributed by atoms with Crippen molar-refractivity contribution in [1.29, 1.82) is 0 Å². The first-order chi connectivity index (χ1) is 6.34. The van der Waals surface area contributed by atoms with Crippen molar-refractivity contribution in [1.82, 2.24) is 5.32 Å². The lowest BCUT2D eigenvalue weighted by Crippen LogP contribution is -2.31. The highest BCUT2D eigenvalue weighted by molar-refractivity contribution is 7.99. The van der Waals surface area contributed by atoms with E-state index in [9.17, 15) is 4.79 Å². The van der Waals surface area contributed by atoms with Gasteiger partial charge in [-0.2, -0.15) is 11.8 Å². The summed E-state index contributed by atoms with van der Waals surface area (Å²) < 4.78 is 0. The van der Waals surface area contributed by atoms with Crippen LogP contribution in [0.25, 0.3) is 0 Å². The average Bonchev–Trinajstić information content (AvgIpc) is 2.65. The van der Waals surface area contributed by atoms with Crippen LogP contribution in [0.5, 0.6) is 0 Å². The third-order valence-electron chi connectivity index (χ3n) is 2.15. The zero-order valence-corrected chi connectivity index (χ0v) is 8.90. The van der Waals surface area contributed by atoms with Crippen LogP contribution in [0.2, 0.25) is 0 Å². The predicted octanol–water partition coefficient (Wildman–Crippen LogP) is 1.82. The lowest BCUT2D eigenvalue weighted by molar-refractivity contribution is -0.124. The Morgan fingerprint density at radius 1 is 1.69 bits per heavy atom. The van der Waals surface area contributed by atoms with Crippen molar-refractivity contribution in [3.63, 3.8) is 0 Å². The number of amides is 1. The van der Waals surface area contributed by atoms with Gasteiger partial charge in [-0.25, -0.2) is 0 Å². The minimum Gasteiger partial charge on any atom is -0.356 e. The second kappa shape index (κ2) is 6.08. The fraction of sp³-hybridized carbons (Fsp3) is 0.700. The average molecular weight is 199 g/mol. The fourth-order valence-corrected chi connectivity index (χ4v) is 2.55. The van der Waals surface area contributed by atoms with Gasteiger partial charge in [0.25, 0.3) is 0 Å². The monoisotopic (exact) mass is 199 g/mol. The quantitative estimate of drug-likeness (QED) is 0.553. The molecule has 1 N–H and O–H groups in total. The Morgan fingerprint density at radius 2 is 2.54 bits per heavy atom. The van der Waals surface area contributed by atoms with Crippen LogP contribution in [0.1, 0.15) is 19.8 Å². The van der Waals surface area contributed by atoms with E-state index in [1.165, 1.54) is 0 Å². The molecule has 1 saturated heterocycles. The van der Waals surface area contributed by atoms with Crippen LogP contribution in [-0.4, -0.2) is 24.0 Å². The van der Waals surface area contributed by atoms with E-state index >= 15 is 0 Å². The van der Waals surface area contributed by atoms with Crippen LogP contribution >= 0.6 is 11.8 Å². The molecule has 1 unspecified atom stereocenters. The van der Waals surface area contributed by atoms with Gasteiger partial charge in [-0.3, -0.25) is 4.79 Å². The number of rotatable bonds is 4. The lowest BCUT2D eigenvalue weighted by Gasteiger charge is -2.08. The van der Waals surface area contributed by atoms with Gasteiger partial charge >= 0.3 is 0 Å². The Hall–Kier alpha value is -0.440. The summed E-state index contributed by atoms with van der Waals surface area (Å²) in [5.74, 6) is 2.67. The standard InChI is InChI=1S/C10H17NOS/c1-2-3-4-6-11-10(12)9-5-7-13-8-9/h2-3,9H,4-8H2,1H3,(H,11,12)/b3-2+. The Kier molecular flexibility index (Phi) is 4.98. The van der Waals surface area contributed by atoms with E-state index in [0.29, 0.717) is 0 Å². The first kappa shape index (κ1) is 10.6. The normalized spacial score (nSPS) is 22.4. The van der Waals surface area contributed by atoms with E-state index in [2.05, 4.69) is 11.4 Å². The summed E-state index contributed by atoms with van der Waals surface area (Å²) >= 11 is 1.88. The van der Waals surface area contributed by atoms with Crippen molar-refractivity contribution < 1.29 is 4.79 Å². The smallest absolute Gasteiger partial charge is 0.223 e. The first-order valence-corrected chi connectivity index (χ1v) is 5.96. The van der Waals surface area contributed by atoms with Crippen molar-refractivity contribution in [2.24, 2.45) is 5.92 Å². The van der Waals surface area contributed by atoms with Crippen LogP contribution in [0.15, 0.2) is 12.2 Å². The van der Waals surface area contributed by atoms with Crippen molar-refractivity contribution in [3.8, 4) is 0 Å². The molecule has 1 rings (SSSR count). The lowest BCUT2D eigenvalue weighted by atomic mass is 10.1. The van der Waals surface area contributed by atoms with Crippen molar-refractivity contribution >= 4 is 17.7 Å². The molecule has 0 aromatic heterocycles. The van der Waals surface area contributed by atoms with E-state index in [1.807, 2.05) is 24.8 Å². The molecule has 3 heteroatoms. The number of hydrogen-bond donors (Lipinski definition) is 1. The second-order valence-corrected chi connectivity index (χ2v) is 4.36. The van der Waals surface area contributed by atoms with Gasteiger partial charge in [0.05, 0.1) is 0 Å². The van der Waals surface area contributed by atoms with Gasteiger partial charge in [0.2, 0.25) is 5.91 Å². The van der Waals surface area contributed by atoms with Gasteiger partial charge in [0.1, 0.15) is 0 Å². The zero-order chi connectivity index (χ0) is 9.52. The van der Waals surface area contributed by atoms with Gasteiger partial charge < -0.3 is 5.32 Å². The predicted molar refractivity (Wildman–Crippen MR) is 57.9 cm³/mol. The molecule has 0 aromatic rings. The topological polar surface area (TPSA) is 29.1 Å². The van der Waals surface area contributed by atoms with Crippen LogP contribution in [-0.2, 0) is 4.79 Å². The molecule has 1 aliphatic heterocycles. The Bertz CT molecular complexity index is 185. The summed E-state index contributed by atoms with van der Waals surface area (Å²) in [7, 11) is 0. The highest BCUT2D eigenvalue weighted by Crippen LogP contribution is 2.23. The third kappa shape index (κ3) is 3.85. The number of thioether (sulfide) groups is 1. The highest BCUT2D eigenvalue weighted by Gasteiger charge is 2.22. The largest absolute Gasteiger partial charge is 0.356 e. The minimum atomic E-state index is 0.245. The summed E-state index contributed by atoms with van der Waals surface area (Å²) in [6.07, 6.45) is 6.09. The minimum absolute atomic E-state index is 0.245. The first-order valence-electron chi connectivity index (χ1n) is 4.81. The molecule has 1 fully saturated rings. The zero-order valence-electron chi connectivity index (χ0n) is 8.08. The van der Waals surface area contributed by atoms with E-state index in [4.69, 9.17) is 0 Å². The van der Waals surface area contributed by atoms with Crippen molar-refractivity contribution in [2.45, 2.75) is 19.8 Å². The Labute approximate surface area is 84.2 Å². The van der Waals surface area contributed by atoms with Gasteiger partial charge in [-0.15, -0.1) is 0 Å². The molecule has 1 aliphatic rings. The number of hydrogen-bond acceptors (Lipinski definition) is 2. The molecule has 2 nitrogen and oxygen atoms in total. The van der Waals surface area contributed by atoms with E-state index < -0.39 is 0 Å². The molecule has 0 aliphatic carbocycles. The number of allylic oxidation sites excluding steroid dienone is 1. The number of nitrogens with one attached hydrogen (secondary N) is 1. The van der Waals surface area contributed by atoms with Crippen molar-refractivity contribution in [2.75, 3.05) is 18.1 Å². The molecule has 1 amide bonds. The molecule has 0 saturated carbocycles. The van der Waals surface area contributed by atoms with Crippen molar-refractivity contribution in [3.05, 3.63) is 12.2 Å². The molecule has 0 bridgehead atoms. The summed E-state index contributed by atoms with van der Waals surface area (Å²) in [5, 5.41) is 2.96. The summed E-state index contributed by atoms with van der Waals surface area (Å²) in [6.45, 7) is 2.78. The highest BCUT2D eigenvalue weighted by atomic mass is 32.2. The molecular weight excluding hydrogens is 182 g/mol. The Balaban J connectivity index is 2.09. The van der Waals surface area contributed by atoms with Gasteiger partial charge in [0, 0.05) is 18.2 Å². The SMILES string of the molecule is C/C=C/CCNC(=O)C1CCSC1. The summed E-state index contributed by atoms with van der Waals surface area (Å²) in [4.78, 5) is 11.5. The number of carbonyl (C=O) groups excluding carboxylic acids is 1. The summed E-state index contributed by atoms with van der Waals surface area (Å²) in [5.41, 5.74) is 0. The molecule has 0 radical (unpaired) electrons. The third-order valence-corrected chi connectivity index (χ3v) is 3.31. The number of carbonyl (C=O) groups is 1. The molecule has 1 atom stereocenters. The van der Waals surface area contributed by atoms with E-state index in [1.54, 1.807) is 0 Å². The van der Waals surface area contributed by atoms with E-state index in [0.717, 1.165) is 30.9 Å². The van der Waals surface area contributed by atoms with Crippen LogP contribution in [0.4, 0.5) is 0 Å². The molecule has 74 valence electrons. The molecular formula is C10H17NOS. The van der Waals surface area contributed by atoms with Crippen LogP contribution < -0.4 is 5.32 Å². The Morgan fingerprint density at radius 3 is 3.15 bits per heavy atom.